The second-order valence-corrected chi connectivity index (χ2v) is 5.58. The molecule has 1 amide bonds. The summed E-state index contributed by atoms with van der Waals surface area (Å²) < 4.78 is 6.08. The zero-order chi connectivity index (χ0) is 15.3. The highest BCUT2D eigenvalue weighted by molar-refractivity contribution is 5.76. The van der Waals surface area contributed by atoms with Gasteiger partial charge in [-0.15, -0.1) is 0 Å². The number of hydrogen-bond acceptors (Lipinski definition) is 3. The Morgan fingerprint density at radius 3 is 2.35 bits per heavy atom. The fourth-order valence-electron chi connectivity index (χ4n) is 1.26. The zero-order valence-electron chi connectivity index (χ0n) is 12.7. The van der Waals surface area contributed by atoms with Crippen LogP contribution < -0.4 is 4.74 Å². The van der Waals surface area contributed by atoms with Gasteiger partial charge in [0, 0.05) is 39.9 Å². The minimum atomic E-state index is -0.477. The van der Waals surface area contributed by atoms with Gasteiger partial charge in [-0.05, 0) is 31.2 Å². The van der Waals surface area contributed by atoms with E-state index < -0.39 is 11.6 Å². The lowest BCUT2D eigenvalue weighted by molar-refractivity contribution is -0.530. The topological polar surface area (TPSA) is 55.6 Å². The molecule has 1 rings (SSSR count). The van der Waals surface area contributed by atoms with Crippen molar-refractivity contribution in [1.82, 2.24) is 4.90 Å². The Balaban J connectivity index is 2.77. The molecule has 0 atom stereocenters. The Bertz CT molecular complexity index is 487. The number of carbonyl (C=O) groups excluding carboxylic acids is 1. The second kappa shape index (κ2) is 6.41. The highest BCUT2D eigenvalue weighted by Crippen LogP contribution is 2.13. The quantitative estimate of drug-likeness (QED) is 0.370. The third-order valence-electron chi connectivity index (χ3n) is 2.80. The molecule has 110 valence electrons. The van der Waals surface area contributed by atoms with Crippen molar-refractivity contribution < 1.29 is 14.3 Å². The Morgan fingerprint density at radius 1 is 1.35 bits per heavy atom. The van der Waals surface area contributed by atoms with Gasteiger partial charge < -0.3 is 14.8 Å². The summed E-state index contributed by atoms with van der Waals surface area (Å²) in [5.74, 6) is 0.459. The largest absolute Gasteiger partial charge is 0.623 e. The Kier molecular flexibility index (Phi) is 5.13. The SMILES string of the molecule is CCN(C)C(=O)Oc1ccc(/C=[N+](\[O-])C(C)(C)C)cc1. The molecule has 1 aromatic rings. The van der Waals surface area contributed by atoms with E-state index in [0.717, 1.165) is 10.3 Å². The third kappa shape index (κ3) is 4.57. The number of carbonyl (C=O) groups is 1. The van der Waals surface area contributed by atoms with Gasteiger partial charge in [0.15, 0.2) is 11.8 Å². The maximum atomic E-state index is 11.8. The van der Waals surface area contributed by atoms with Crippen LogP contribution in [0.15, 0.2) is 24.3 Å². The molecule has 0 spiro atoms. The van der Waals surface area contributed by atoms with Crippen LogP contribution in [0.5, 0.6) is 5.75 Å². The number of rotatable bonds is 3. The monoisotopic (exact) mass is 278 g/mol. The standard InChI is InChI=1S/C15H22N2O3/c1-6-16(5)14(18)20-13-9-7-12(8-10-13)11-17(19)15(2,3)4/h7-11H,6H2,1-5H3/b17-11-. The van der Waals surface area contributed by atoms with Crippen molar-refractivity contribution >= 4 is 12.3 Å². The molecule has 0 aliphatic heterocycles. The Morgan fingerprint density at radius 2 is 1.90 bits per heavy atom. The summed E-state index contributed by atoms with van der Waals surface area (Å²) in [7, 11) is 1.67. The molecule has 0 N–H and O–H groups in total. The van der Waals surface area contributed by atoms with E-state index in [-0.39, 0.29) is 0 Å². The third-order valence-corrected chi connectivity index (χ3v) is 2.80. The van der Waals surface area contributed by atoms with E-state index >= 15 is 0 Å². The maximum absolute atomic E-state index is 11.8. The molecule has 5 nitrogen and oxygen atoms in total. The van der Waals surface area contributed by atoms with E-state index in [1.54, 1.807) is 31.3 Å². The first-order chi connectivity index (χ1) is 9.24. The Labute approximate surface area is 120 Å². The fraction of sp³-hybridized carbons (Fsp3) is 0.467. The molecule has 0 unspecified atom stereocenters. The predicted octanol–water partition coefficient (Wildman–Crippen LogP) is 2.86. The van der Waals surface area contributed by atoms with E-state index in [9.17, 15) is 10.0 Å². The van der Waals surface area contributed by atoms with Crippen molar-refractivity contribution in [2.24, 2.45) is 0 Å². The number of hydrogen-bond donors (Lipinski definition) is 0. The molecule has 0 fully saturated rings. The van der Waals surface area contributed by atoms with Crippen LogP contribution >= 0.6 is 0 Å². The van der Waals surface area contributed by atoms with Gasteiger partial charge >= 0.3 is 6.09 Å². The smallest absolute Gasteiger partial charge is 0.414 e. The normalized spacial score (nSPS) is 12.2. The average molecular weight is 278 g/mol. The van der Waals surface area contributed by atoms with Crippen molar-refractivity contribution in [2.75, 3.05) is 13.6 Å². The van der Waals surface area contributed by atoms with E-state index in [2.05, 4.69) is 0 Å². The summed E-state index contributed by atoms with van der Waals surface area (Å²) in [4.78, 5) is 13.0. The highest BCUT2D eigenvalue weighted by atomic mass is 16.6. The van der Waals surface area contributed by atoms with Gasteiger partial charge in [0.1, 0.15) is 5.75 Å². The predicted molar refractivity (Wildman–Crippen MR) is 79.3 cm³/mol. The summed E-state index contributed by atoms with van der Waals surface area (Å²) in [6, 6.07) is 6.82. The lowest BCUT2D eigenvalue weighted by Crippen LogP contribution is -2.29. The molecule has 0 aliphatic rings. The number of nitrogens with zero attached hydrogens (tertiary/aromatic N) is 2. The maximum Gasteiger partial charge on any atom is 0.414 e. The molecule has 0 aliphatic carbocycles. The molecule has 0 saturated heterocycles. The first-order valence-electron chi connectivity index (χ1n) is 6.58. The summed E-state index contributed by atoms with van der Waals surface area (Å²) in [5, 5.41) is 11.8. The second-order valence-electron chi connectivity index (χ2n) is 5.58. The molecule has 0 radical (unpaired) electrons. The van der Waals surface area contributed by atoms with Crippen LogP contribution in [0.2, 0.25) is 0 Å². The number of hydroxylamine groups is 1. The van der Waals surface area contributed by atoms with Gasteiger partial charge in [-0.3, -0.25) is 0 Å². The van der Waals surface area contributed by atoms with Crippen LogP contribution in [0.3, 0.4) is 0 Å². The van der Waals surface area contributed by atoms with Crippen molar-refractivity contribution in [2.45, 2.75) is 33.2 Å². The van der Waals surface area contributed by atoms with Gasteiger partial charge in [0.2, 0.25) is 0 Å². The molecule has 0 heterocycles. The van der Waals surface area contributed by atoms with Gasteiger partial charge in [-0.25, -0.2) is 9.53 Å². The van der Waals surface area contributed by atoms with Crippen LogP contribution in [0.25, 0.3) is 0 Å². The Hall–Kier alpha value is -2.04. The molecule has 0 saturated carbocycles. The van der Waals surface area contributed by atoms with Crippen LogP contribution in [-0.2, 0) is 0 Å². The number of ether oxygens (including phenoxy) is 1. The molecule has 20 heavy (non-hydrogen) atoms. The van der Waals surface area contributed by atoms with Crippen molar-refractivity contribution in [3.05, 3.63) is 35.0 Å². The molecular weight excluding hydrogens is 256 g/mol. The fourth-order valence-corrected chi connectivity index (χ4v) is 1.26. The van der Waals surface area contributed by atoms with Crippen molar-refractivity contribution in [3.63, 3.8) is 0 Å². The van der Waals surface area contributed by atoms with E-state index in [1.807, 2.05) is 27.7 Å². The zero-order valence-corrected chi connectivity index (χ0v) is 12.7. The highest BCUT2D eigenvalue weighted by Gasteiger charge is 2.18. The van der Waals surface area contributed by atoms with E-state index in [0.29, 0.717) is 12.3 Å². The summed E-state index contributed by atoms with van der Waals surface area (Å²) in [6.07, 6.45) is 1.12. The van der Waals surface area contributed by atoms with Gasteiger partial charge in [0.25, 0.3) is 0 Å². The summed E-state index contributed by atoms with van der Waals surface area (Å²) in [6.45, 7) is 7.98. The molecule has 1 aromatic carbocycles. The van der Waals surface area contributed by atoms with Gasteiger partial charge in [-0.1, -0.05) is 0 Å². The van der Waals surface area contributed by atoms with E-state index in [4.69, 9.17) is 4.74 Å². The van der Waals surface area contributed by atoms with Crippen molar-refractivity contribution in [3.8, 4) is 5.75 Å². The van der Waals surface area contributed by atoms with Crippen LogP contribution in [0, 0.1) is 5.21 Å². The summed E-state index contributed by atoms with van der Waals surface area (Å²) in [5.41, 5.74) is 0.285. The minimum Gasteiger partial charge on any atom is -0.623 e. The first kappa shape index (κ1) is 16.0. The number of benzene rings is 1. The number of amides is 1. The van der Waals surface area contributed by atoms with Crippen molar-refractivity contribution in [1.29, 1.82) is 0 Å². The molecular formula is C15H22N2O3. The van der Waals surface area contributed by atoms with Crippen LogP contribution in [0.4, 0.5) is 4.79 Å². The minimum absolute atomic E-state index is 0.399. The molecule has 0 aromatic heterocycles. The van der Waals surface area contributed by atoms with Crippen LogP contribution in [-0.4, -0.2) is 41.1 Å². The lowest BCUT2D eigenvalue weighted by atomic mass is 10.1. The molecule has 0 bridgehead atoms. The van der Waals surface area contributed by atoms with Gasteiger partial charge in [0.05, 0.1) is 0 Å². The van der Waals surface area contributed by atoms with E-state index in [1.165, 1.54) is 11.1 Å². The molecule has 5 heteroatoms. The van der Waals surface area contributed by atoms with Gasteiger partial charge in [-0.2, -0.15) is 0 Å². The first-order valence-corrected chi connectivity index (χ1v) is 6.58. The average Bonchev–Trinajstić information content (AvgIpc) is 2.38. The summed E-state index contributed by atoms with van der Waals surface area (Å²) >= 11 is 0. The lowest BCUT2D eigenvalue weighted by Gasteiger charge is -2.18. The van der Waals surface area contributed by atoms with Crippen LogP contribution in [0.1, 0.15) is 33.3 Å².